The molecule has 1 saturated heterocycles. The number of esters is 1. The number of ether oxygens (including phenoxy) is 3. The van der Waals surface area contributed by atoms with Gasteiger partial charge >= 0.3 is 5.97 Å². The SMILES string of the molecule is COC(=O)[C@H]1O[C@@H](Oc2ccc(C=O)cc2)[C@H](O)[C@H](O)[C@@H]1O. The molecule has 120 valence electrons. The van der Waals surface area contributed by atoms with Crippen molar-refractivity contribution in [1.29, 1.82) is 0 Å². The molecule has 1 heterocycles. The molecular weight excluding hydrogens is 296 g/mol. The van der Waals surface area contributed by atoms with Crippen LogP contribution in [-0.4, -0.2) is 65.4 Å². The third kappa shape index (κ3) is 3.25. The van der Waals surface area contributed by atoms with Crippen LogP contribution in [0.15, 0.2) is 24.3 Å². The zero-order valence-corrected chi connectivity index (χ0v) is 11.7. The van der Waals surface area contributed by atoms with Crippen LogP contribution in [0.25, 0.3) is 0 Å². The molecule has 0 aliphatic carbocycles. The van der Waals surface area contributed by atoms with Crippen molar-refractivity contribution < 1.29 is 39.1 Å². The summed E-state index contributed by atoms with van der Waals surface area (Å²) in [6.07, 6.45) is -7.06. The second kappa shape index (κ2) is 6.84. The van der Waals surface area contributed by atoms with E-state index in [1.807, 2.05) is 0 Å². The second-order valence-electron chi connectivity index (χ2n) is 4.72. The third-order valence-corrected chi connectivity index (χ3v) is 3.27. The van der Waals surface area contributed by atoms with E-state index in [4.69, 9.17) is 9.47 Å². The first-order valence-corrected chi connectivity index (χ1v) is 6.47. The van der Waals surface area contributed by atoms with Crippen molar-refractivity contribution in [3.63, 3.8) is 0 Å². The fourth-order valence-corrected chi connectivity index (χ4v) is 2.02. The highest BCUT2D eigenvalue weighted by atomic mass is 16.7. The fourth-order valence-electron chi connectivity index (χ4n) is 2.02. The number of hydrogen-bond donors (Lipinski definition) is 3. The van der Waals surface area contributed by atoms with E-state index in [-0.39, 0.29) is 5.75 Å². The van der Waals surface area contributed by atoms with Gasteiger partial charge in [0.1, 0.15) is 30.3 Å². The molecule has 2 rings (SSSR count). The molecule has 0 aromatic heterocycles. The molecule has 0 amide bonds. The average molecular weight is 312 g/mol. The number of aliphatic hydroxyl groups is 3. The summed E-state index contributed by atoms with van der Waals surface area (Å²) in [4.78, 5) is 22.1. The number of carbonyl (C=O) groups excluding carboxylic acids is 2. The Morgan fingerprint density at radius 3 is 2.32 bits per heavy atom. The van der Waals surface area contributed by atoms with E-state index in [0.717, 1.165) is 7.11 Å². The van der Waals surface area contributed by atoms with Crippen LogP contribution in [-0.2, 0) is 14.3 Å². The van der Waals surface area contributed by atoms with E-state index in [9.17, 15) is 24.9 Å². The van der Waals surface area contributed by atoms with Crippen molar-refractivity contribution in [3.8, 4) is 5.75 Å². The minimum Gasteiger partial charge on any atom is -0.467 e. The maximum atomic E-state index is 11.5. The molecule has 0 spiro atoms. The van der Waals surface area contributed by atoms with Crippen LogP contribution in [0, 0.1) is 0 Å². The van der Waals surface area contributed by atoms with Crippen LogP contribution in [0.2, 0.25) is 0 Å². The highest BCUT2D eigenvalue weighted by Gasteiger charge is 2.48. The molecule has 8 heteroatoms. The summed E-state index contributed by atoms with van der Waals surface area (Å²) in [6.45, 7) is 0. The Bertz CT molecular complexity index is 528. The van der Waals surface area contributed by atoms with Crippen molar-refractivity contribution in [1.82, 2.24) is 0 Å². The van der Waals surface area contributed by atoms with E-state index in [1.165, 1.54) is 24.3 Å². The van der Waals surface area contributed by atoms with Crippen molar-refractivity contribution in [2.45, 2.75) is 30.7 Å². The minimum absolute atomic E-state index is 0.252. The largest absolute Gasteiger partial charge is 0.467 e. The Kier molecular flexibility index (Phi) is 5.09. The molecule has 1 aromatic rings. The van der Waals surface area contributed by atoms with Crippen LogP contribution >= 0.6 is 0 Å². The molecule has 5 atom stereocenters. The van der Waals surface area contributed by atoms with E-state index >= 15 is 0 Å². The van der Waals surface area contributed by atoms with E-state index < -0.39 is 36.7 Å². The van der Waals surface area contributed by atoms with Gasteiger partial charge in [-0.15, -0.1) is 0 Å². The molecule has 1 aliphatic rings. The molecule has 0 radical (unpaired) electrons. The Morgan fingerprint density at radius 1 is 1.14 bits per heavy atom. The van der Waals surface area contributed by atoms with Gasteiger partial charge in [-0.25, -0.2) is 4.79 Å². The molecule has 3 N–H and O–H groups in total. The van der Waals surface area contributed by atoms with Gasteiger partial charge in [-0.2, -0.15) is 0 Å². The Balaban J connectivity index is 2.13. The first-order chi connectivity index (χ1) is 10.5. The monoisotopic (exact) mass is 312 g/mol. The number of aldehydes is 1. The quantitative estimate of drug-likeness (QED) is 0.471. The summed E-state index contributed by atoms with van der Waals surface area (Å²) in [6, 6.07) is 5.90. The van der Waals surface area contributed by atoms with Gasteiger partial charge in [-0.3, -0.25) is 4.79 Å². The summed E-state index contributed by atoms with van der Waals surface area (Å²) in [7, 11) is 1.10. The number of rotatable bonds is 4. The normalized spacial score (nSPS) is 31.4. The summed E-state index contributed by atoms with van der Waals surface area (Å²) in [5.74, 6) is -0.648. The van der Waals surface area contributed by atoms with Crippen LogP contribution < -0.4 is 4.74 Å². The maximum absolute atomic E-state index is 11.5. The predicted molar refractivity (Wildman–Crippen MR) is 71.2 cm³/mol. The molecule has 1 fully saturated rings. The molecule has 0 saturated carbocycles. The molecule has 22 heavy (non-hydrogen) atoms. The number of benzene rings is 1. The zero-order valence-electron chi connectivity index (χ0n) is 11.7. The van der Waals surface area contributed by atoms with E-state index in [1.54, 1.807) is 0 Å². The average Bonchev–Trinajstić information content (AvgIpc) is 2.55. The Hall–Kier alpha value is -2.00. The Labute approximate surface area is 125 Å². The van der Waals surface area contributed by atoms with Gasteiger partial charge in [0.2, 0.25) is 6.29 Å². The molecule has 8 nitrogen and oxygen atoms in total. The zero-order chi connectivity index (χ0) is 16.3. The summed E-state index contributed by atoms with van der Waals surface area (Å²) in [5.41, 5.74) is 0.431. The van der Waals surface area contributed by atoms with Crippen molar-refractivity contribution >= 4 is 12.3 Å². The van der Waals surface area contributed by atoms with Gasteiger partial charge in [-0.05, 0) is 24.3 Å². The van der Waals surface area contributed by atoms with Crippen molar-refractivity contribution in [2.75, 3.05) is 7.11 Å². The first kappa shape index (κ1) is 16.4. The number of hydrogen-bond acceptors (Lipinski definition) is 8. The lowest BCUT2D eigenvalue weighted by Gasteiger charge is -2.38. The smallest absolute Gasteiger partial charge is 0.337 e. The predicted octanol–water partition coefficient (Wildman–Crippen LogP) is -1.14. The van der Waals surface area contributed by atoms with Crippen LogP contribution in [0.3, 0.4) is 0 Å². The third-order valence-electron chi connectivity index (χ3n) is 3.27. The summed E-state index contributed by atoms with van der Waals surface area (Å²) < 4.78 is 15.0. The number of carbonyl (C=O) groups is 2. The van der Waals surface area contributed by atoms with Gasteiger partial charge < -0.3 is 29.5 Å². The molecule has 1 aromatic carbocycles. The number of aliphatic hydroxyl groups excluding tert-OH is 3. The highest BCUT2D eigenvalue weighted by Crippen LogP contribution is 2.25. The first-order valence-electron chi connectivity index (χ1n) is 6.47. The van der Waals surface area contributed by atoms with Gasteiger partial charge in [0, 0.05) is 5.56 Å². The van der Waals surface area contributed by atoms with Gasteiger partial charge in [-0.1, -0.05) is 0 Å². The molecule has 0 unspecified atom stereocenters. The highest BCUT2D eigenvalue weighted by molar-refractivity contribution is 5.75. The molecule has 1 aliphatic heterocycles. The van der Waals surface area contributed by atoms with Crippen LogP contribution in [0.4, 0.5) is 0 Å². The minimum atomic E-state index is -1.64. The van der Waals surface area contributed by atoms with Crippen LogP contribution in [0.5, 0.6) is 5.75 Å². The number of methoxy groups -OCH3 is 1. The Morgan fingerprint density at radius 2 is 1.77 bits per heavy atom. The topological polar surface area (TPSA) is 123 Å². The van der Waals surface area contributed by atoms with Gasteiger partial charge in [0.25, 0.3) is 0 Å². The van der Waals surface area contributed by atoms with Gasteiger partial charge in [0.05, 0.1) is 7.11 Å². The van der Waals surface area contributed by atoms with E-state index in [0.29, 0.717) is 11.8 Å². The van der Waals surface area contributed by atoms with Gasteiger partial charge in [0.15, 0.2) is 6.10 Å². The fraction of sp³-hybridized carbons (Fsp3) is 0.429. The lowest BCUT2D eigenvalue weighted by Crippen LogP contribution is -2.61. The standard InChI is InChI=1S/C14H16O8/c1-20-13(19)12-10(17)9(16)11(18)14(22-12)21-8-4-2-7(6-15)3-5-8/h2-6,9-12,14,16-18H,1H3/t9-,10+,11-,12+,14-/m1/s1. The van der Waals surface area contributed by atoms with Crippen molar-refractivity contribution in [2.24, 2.45) is 0 Å². The molecular formula is C14H16O8. The van der Waals surface area contributed by atoms with Crippen LogP contribution in [0.1, 0.15) is 10.4 Å². The summed E-state index contributed by atoms with van der Waals surface area (Å²) in [5, 5.41) is 29.4. The molecule has 0 bridgehead atoms. The summed E-state index contributed by atoms with van der Waals surface area (Å²) >= 11 is 0. The lowest BCUT2D eigenvalue weighted by atomic mass is 9.99. The second-order valence-corrected chi connectivity index (χ2v) is 4.72. The van der Waals surface area contributed by atoms with E-state index in [2.05, 4.69) is 4.74 Å². The maximum Gasteiger partial charge on any atom is 0.337 e. The lowest BCUT2D eigenvalue weighted by molar-refractivity contribution is -0.271. The van der Waals surface area contributed by atoms with Crippen molar-refractivity contribution in [3.05, 3.63) is 29.8 Å².